The van der Waals surface area contributed by atoms with E-state index >= 15 is 0 Å². The predicted molar refractivity (Wildman–Crippen MR) is 97.9 cm³/mol. The Morgan fingerprint density at radius 2 is 1.92 bits per heavy atom. The average molecular weight is 351 g/mol. The monoisotopic (exact) mass is 351 g/mol. The second-order valence-electron chi connectivity index (χ2n) is 6.12. The molecule has 5 nitrogen and oxygen atoms in total. The Morgan fingerprint density at radius 1 is 1.12 bits per heavy atom. The van der Waals surface area contributed by atoms with Crippen LogP contribution in [0.1, 0.15) is 27.2 Å². The van der Waals surface area contributed by atoms with Gasteiger partial charge < -0.3 is 5.32 Å². The molecule has 0 saturated carbocycles. The summed E-state index contributed by atoms with van der Waals surface area (Å²) < 4.78 is 14.5. The molecule has 0 spiro atoms. The number of hydrogen-bond acceptors (Lipinski definition) is 3. The van der Waals surface area contributed by atoms with Gasteiger partial charge in [0.25, 0.3) is 11.5 Å². The SMILES string of the molecule is Cc1ccc(NC(=O)c2ccc(=O)n(Cc3cccc(F)c3)n2)c(C)c1. The van der Waals surface area contributed by atoms with Crippen LogP contribution in [0.25, 0.3) is 0 Å². The number of halogens is 1. The van der Waals surface area contributed by atoms with Crippen molar-refractivity contribution in [2.45, 2.75) is 20.4 Å². The normalized spacial score (nSPS) is 10.6. The molecule has 0 saturated heterocycles. The molecule has 3 rings (SSSR count). The fourth-order valence-electron chi connectivity index (χ4n) is 2.63. The lowest BCUT2D eigenvalue weighted by Gasteiger charge is -2.10. The van der Waals surface area contributed by atoms with Crippen molar-refractivity contribution in [3.05, 3.63) is 93.2 Å². The molecule has 0 bridgehead atoms. The molecular formula is C20H18FN3O2. The molecule has 0 radical (unpaired) electrons. The molecule has 132 valence electrons. The van der Waals surface area contributed by atoms with Gasteiger partial charge in [0.15, 0.2) is 0 Å². The van der Waals surface area contributed by atoms with Gasteiger partial charge in [-0.3, -0.25) is 9.59 Å². The zero-order valence-corrected chi connectivity index (χ0v) is 14.5. The summed E-state index contributed by atoms with van der Waals surface area (Å²) in [5.74, 6) is -0.802. The second kappa shape index (κ2) is 7.31. The highest BCUT2D eigenvalue weighted by Gasteiger charge is 2.12. The van der Waals surface area contributed by atoms with Crippen LogP contribution in [-0.4, -0.2) is 15.7 Å². The summed E-state index contributed by atoms with van der Waals surface area (Å²) in [5.41, 5.74) is 3.06. The van der Waals surface area contributed by atoms with Crippen molar-refractivity contribution in [2.24, 2.45) is 0 Å². The zero-order valence-electron chi connectivity index (χ0n) is 14.5. The van der Waals surface area contributed by atoms with Crippen LogP contribution in [0, 0.1) is 19.7 Å². The predicted octanol–water partition coefficient (Wildman–Crippen LogP) is 3.30. The van der Waals surface area contributed by atoms with Crippen LogP contribution in [0.2, 0.25) is 0 Å². The van der Waals surface area contributed by atoms with E-state index in [0.717, 1.165) is 15.8 Å². The van der Waals surface area contributed by atoms with Gasteiger partial charge in [0.2, 0.25) is 0 Å². The van der Waals surface area contributed by atoms with Gasteiger partial charge in [-0.25, -0.2) is 9.07 Å². The molecule has 2 aromatic carbocycles. The van der Waals surface area contributed by atoms with E-state index in [2.05, 4.69) is 10.4 Å². The van der Waals surface area contributed by atoms with E-state index in [0.29, 0.717) is 11.3 Å². The minimum atomic E-state index is -0.412. The smallest absolute Gasteiger partial charge is 0.276 e. The molecule has 1 heterocycles. The van der Waals surface area contributed by atoms with E-state index in [1.165, 1.54) is 24.3 Å². The lowest BCUT2D eigenvalue weighted by atomic mass is 10.1. The van der Waals surface area contributed by atoms with Crippen molar-refractivity contribution in [3.63, 3.8) is 0 Å². The third-order valence-electron chi connectivity index (χ3n) is 3.95. The number of anilines is 1. The summed E-state index contributed by atoms with van der Waals surface area (Å²) in [4.78, 5) is 24.5. The summed E-state index contributed by atoms with van der Waals surface area (Å²) in [6.07, 6.45) is 0. The number of carbonyl (C=O) groups excluding carboxylic acids is 1. The molecule has 0 atom stereocenters. The molecule has 0 aliphatic heterocycles. The number of amides is 1. The molecule has 6 heteroatoms. The quantitative estimate of drug-likeness (QED) is 0.784. The second-order valence-corrected chi connectivity index (χ2v) is 6.12. The van der Waals surface area contributed by atoms with Crippen molar-refractivity contribution >= 4 is 11.6 Å². The molecule has 0 fully saturated rings. The van der Waals surface area contributed by atoms with Gasteiger partial charge in [-0.1, -0.05) is 29.8 Å². The first-order chi connectivity index (χ1) is 12.4. The van der Waals surface area contributed by atoms with Crippen molar-refractivity contribution in [2.75, 3.05) is 5.32 Å². The highest BCUT2D eigenvalue weighted by atomic mass is 19.1. The minimum Gasteiger partial charge on any atom is -0.320 e. The Hall–Kier alpha value is -3.28. The van der Waals surface area contributed by atoms with Crippen LogP contribution in [-0.2, 0) is 6.54 Å². The number of aryl methyl sites for hydroxylation is 2. The van der Waals surface area contributed by atoms with Crippen molar-refractivity contribution < 1.29 is 9.18 Å². The largest absolute Gasteiger partial charge is 0.320 e. The van der Waals surface area contributed by atoms with Gasteiger partial charge in [-0.05, 0) is 49.2 Å². The fraction of sp³-hybridized carbons (Fsp3) is 0.150. The Morgan fingerprint density at radius 3 is 2.65 bits per heavy atom. The van der Waals surface area contributed by atoms with Gasteiger partial charge in [-0.2, -0.15) is 5.10 Å². The van der Waals surface area contributed by atoms with Crippen LogP contribution < -0.4 is 10.9 Å². The van der Waals surface area contributed by atoms with Gasteiger partial charge >= 0.3 is 0 Å². The maximum absolute atomic E-state index is 13.3. The van der Waals surface area contributed by atoms with Crippen molar-refractivity contribution in [3.8, 4) is 0 Å². The zero-order chi connectivity index (χ0) is 18.7. The fourth-order valence-corrected chi connectivity index (χ4v) is 2.63. The molecule has 1 aromatic heterocycles. The molecule has 0 aliphatic carbocycles. The topological polar surface area (TPSA) is 64.0 Å². The molecular weight excluding hydrogens is 333 g/mol. The number of carbonyl (C=O) groups is 1. The molecule has 1 amide bonds. The Bertz CT molecular complexity index is 1030. The maximum atomic E-state index is 13.3. The summed E-state index contributed by atoms with van der Waals surface area (Å²) >= 11 is 0. The molecule has 1 N–H and O–H groups in total. The highest BCUT2D eigenvalue weighted by molar-refractivity contribution is 6.03. The number of aromatic nitrogens is 2. The van der Waals surface area contributed by atoms with Crippen LogP contribution in [0.4, 0.5) is 10.1 Å². The lowest BCUT2D eigenvalue weighted by molar-refractivity contribution is 0.102. The van der Waals surface area contributed by atoms with Crippen molar-refractivity contribution in [1.82, 2.24) is 9.78 Å². The lowest BCUT2D eigenvalue weighted by Crippen LogP contribution is -2.26. The van der Waals surface area contributed by atoms with Crippen LogP contribution in [0.3, 0.4) is 0 Å². The highest BCUT2D eigenvalue weighted by Crippen LogP contribution is 2.16. The van der Waals surface area contributed by atoms with Crippen LogP contribution in [0.5, 0.6) is 0 Å². The maximum Gasteiger partial charge on any atom is 0.276 e. The summed E-state index contributed by atoms with van der Waals surface area (Å²) in [5, 5.41) is 6.91. The van der Waals surface area contributed by atoms with Gasteiger partial charge in [0.1, 0.15) is 11.5 Å². The summed E-state index contributed by atoms with van der Waals surface area (Å²) in [6, 6.07) is 14.3. The Kier molecular flexibility index (Phi) is 4.93. The Balaban J connectivity index is 1.84. The van der Waals surface area contributed by atoms with E-state index in [-0.39, 0.29) is 23.6 Å². The van der Waals surface area contributed by atoms with E-state index in [9.17, 15) is 14.0 Å². The van der Waals surface area contributed by atoms with E-state index in [4.69, 9.17) is 0 Å². The first kappa shape index (κ1) is 17.5. The van der Waals surface area contributed by atoms with E-state index < -0.39 is 5.91 Å². The minimum absolute atomic E-state index is 0.0846. The summed E-state index contributed by atoms with van der Waals surface area (Å²) in [6.45, 7) is 3.96. The van der Waals surface area contributed by atoms with Crippen LogP contribution in [0.15, 0.2) is 59.4 Å². The molecule has 0 unspecified atom stereocenters. The molecule has 26 heavy (non-hydrogen) atoms. The van der Waals surface area contributed by atoms with E-state index in [1.54, 1.807) is 12.1 Å². The number of nitrogens with one attached hydrogen (secondary N) is 1. The molecule has 0 aliphatic rings. The third kappa shape index (κ3) is 4.03. The van der Waals surface area contributed by atoms with Gasteiger partial charge in [-0.15, -0.1) is 0 Å². The first-order valence-corrected chi connectivity index (χ1v) is 8.13. The Labute approximate surface area is 150 Å². The third-order valence-corrected chi connectivity index (χ3v) is 3.95. The van der Waals surface area contributed by atoms with Crippen LogP contribution >= 0.6 is 0 Å². The molecule has 3 aromatic rings. The summed E-state index contributed by atoms with van der Waals surface area (Å²) in [7, 11) is 0. The number of hydrogen-bond donors (Lipinski definition) is 1. The van der Waals surface area contributed by atoms with Crippen molar-refractivity contribution in [1.29, 1.82) is 0 Å². The van der Waals surface area contributed by atoms with E-state index in [1.807, 2.05) is 32.0 Å². The number of benzene rings is 2. The number of rotatable bonds is 4. The first-order valence-electron chi connectivity index (χ1n) is 8.13. The van der Waals surface area contributed by atoms with Gasteiger partial charge in [0.05, 0.1) is 6.54 Å². The average Bonchev–Trinajstić information content (AvgIpc) is 2.59. The standard InChI is InChI=1S/C20H18FN3O2/c1-13-6-7-17(14(2)10-13)22-20(26)18-8-9-19(25)24(23-18)12-15-4-3-5-16(21)11-15/h3-11H,12H2,1-2H3,(H,22,26). The number of nitrogens with zero attached hydrogens (tertiary/aromatic N) is 2. The van der Waals surface area contributed by atoms with Gasteiger partial charge in [0, 0.05) is 11.8 Å².